The second kappa shape index (κ2) is 6.92. The Kier molecular flexibility index (Phi) is 5.23. The molecular formula is C16H26N2O. The second-order valence-corrected chi connectivity index (χ2v) is 5.88. The average Bonchev–Trinajstić information content (AvgIpc) is 2.34. The first-order chi connectivity index (χ1) is 9.13. The van der Waals surface area contributed by atoms with E-state index in [-0.39, 0.29) is 0 Å². The fraction of sp³-hybridized carbons (Fsp3) is 0.625. The lowest BCUT2D eigenvalue weighted by atomic mass is 9.96. The van der Waals surface area contributed by atoms with Gasteiger partial charge in [-0.05, 0) is 43.4 Å². The van der Waals surface area contributed by atoms with E-state index in [2.05, 4.69) is 30.9 Å². The van der Waals surface area contributed by atoms with Gasteiger partial charge in [0.1, 0.15) is 5.75 Å². The minimum atomic E-state index is 0.349. The van der Waals surface area contributed by atoms with Crippen LogP contribution in [0.1, 0.15) is 25.3 Å². The van der Waals surface area contributed by atoms with Gasteiger partial charge in [-0.1, -0.05) is 19.1 Å². The molecule has 1 fully saturated rings. The van der Waals surface area contributed by atoms with Gasteiger partial charge in [0, 0.05) is 25.7 Å². The van der Waals surface area contributed by atoms with Crippen LogP contribution >= 0.6 is 0 Å². The molecule has 3 nitrogen and oxygen atoms in total. The fourth-order valence-corrected chi connectivity index (χ4v) is 2.88. The highest BCUT2D eigenvalue weighted by atomic mass is 16.5. The maximum atomic E-state index is 6.05. The molecule has 2 unspecified atom stereocenters. The highest BCUT2D eigenvalue weighted by Crippen LogP contribution is 2.16. The molecule has 0 aromatic heterocycles. The Morgan fingerprint density at radius 1 is 1.37 bits per heavy atom. The van der Waals surface area contributed by atoms with E-state index < -0.39 is 0 Å². The van der Waals surface area contributed by atoms with Crippen LogP contribution in [0.2, 0.25) is 0 Å². The van der Waals surface area contributed by atoms with Crippen molar-refractivity contribution in [1.82, 2.24) is 4.90 Å². The minimum absolute atomic E-state index is 0.349. The summed E-state index contributed by atoms with van der Waals surface area (Å²) in [6.07, 6.45) is 2.23. The van der Waals surface area contributed by atoms with Crippen molar-refractivity contribution in [2.75, 3.05) is 26.2 Å². The lowest BCUT2D eigenvalue weighted by Crippen LogP contribution is -2.46. The molecule has 106 valence electrons. The topological polar surface area (TPSA) is 38.5 Å². The number of hydrogen-bond donors (Lipinski definition) is 1. The van der Waals surface area contributed by atoms with E-state index in [4.69, 9.17) is 10.5 Å². The highest BCUT2D eigenvalue weighted by molar-refractivity contribution is 5.27. The number of aryl methyl sites for hydroxylation is 1. The summed E-state index contributed by atoms with van der Waals surface area (Å²) in [4.78, 5) is 2.47. The van der Waals surface area contributed by atoms with Crippen LogP contribution in [0.5, 0.6) is 5.75 Å². The summed E-state index contributed by atoms with van der Waals surface area (Å²) < 4.78 is 5.77. The van der Waals surface area contributed by atoms with Crippen LogP contribution in [0.15, 0.2) is 24.3 Å². The highest BCUT2D eigenvalue weighted by Gasteiger charge is 2.21. The lowest BCUT2D eigenvalue weighted by Gasteiger charge is -2.34. The first-order valence-corrected chi connectivity index (χ1v) is 7.31. The van der Waals surface area contributed by atoms with Crippen LogP contribution in [0.3, 0.4) is 0 Å². The smallest absolute Gasteiger partial charge is 0.119 e. The van der Waals surface area contributed by atoms with Crippen LogP contribution in [0.25, 0.3) is 0 Å². The number of rotatable bonds is 5. The summed E-state index contributed by atoms with van der Waals surface area (Å²) in [5.41, 5.74) is 7.30. The third-order valence-electron chi connectivity index (χ3n) is 3.64. The number of hydrogen-bond acceptors (Lipinski definition) is 3. The molecule has 1 aromatic rings. The first kappa shape index (κ1) is 14.4. The summed E-state index contributed by atoms with van der Waals surface area (Å²) in [6.45, 7) is 8.46. The largest absolute Gasteiger partial charge is 0.494 e. The summed E-state index contributed by atoms with van der Waals surface area (Å²) in [5, 5.41) is 0. The van der Waals surface area contributed by atoms with Crippen LogP contribution in [0, 0.1) is 12.8 Å². The minimum Gasteiger partial charge on any atom is -0.494 e. The van der Waals surface area contributed by atoms with Crippen molar-refractivity contribution in [1.29, 1.82) is 0 Å². The molecular weight excluding hydrogens is 236 g/mol. The lowest BCUT2D eigenvalue weighted by molar-refractivity contribution is 0.154. The van der Waals surface area contributed by atoms with Crippen LogP contribution < -0.4 is 10.5 Å². The first-order valence-electron chi connectivity index (χ1n) is 7.31. The number of piperidine rings is 1. The molecule has 1 aliphatic rings. The van der Waals surface area contributed by atoms with E-state index in [1.165, 1.54) is 12.1 Å². The fourth-order valence-electron chi connectivity index (χ4n) is 2.88. The van der Waals surface area contributed by atoms with Gasteiger partial charge >= 0.3 is 0 Å². The van der Waals surface area contributed by atoms with E-state index in [0.29, 0.717) is 6.04 Å². The number of benzene rings is 1. The molecule has 3 heteroatoms. The normalized spacial score (nSPS) is 24.4. The predicted molar refractivity (Wildman–Crippen MR) is 79.5 cm³/mol. The zero-order valence-corrected chi connectivity index (χ0v) is 12.1. The summed E-state index contributed by atoms with van der Waals surface area (Å²) in [7, 11) is 0. The number of likely N-dealkylation sites (tertiary alicyclic amines) is 1. The molecule has 1 aromatic carbocycles. The summed E-state index contributed by atoms with van der Waals surface area (Å²) in [6, 6.07) is 8.57. The Morgan fingerprint density at radius 2 is 2.21 bits per heavy atom. The molecule has 0 radical (unpaired) electrons. The van der Waals surface area contributed by atoms with Gasteiger partial charge < -0.3 is 15.4 Å². The van der Waals surface area contributed by atoms with E-state index in [9.17, 15) is 0 Å². The maximum absolute atomic E-state index is 6.05. The van der Waals surface area contributed by atoms with E-state index in [0.717, 1.165) is 44.2 Å². The SMILES string of the molecule is Cc1cccc(OCCCN2CC(C)CC(N)C2)c1. The average molecular weight is 262 g/mol. The molecule has 1 heterocycles. The molecule has 0 spiro atoms. The van der Waals surface area contributed by atoms with E-state index >= 15 is 0 Å². The van der Waals surface area contributed by atoms with Gasteiger partial charge in [-0.2, -0.15) is 0 Å². The number of nitrogens with zero attached hydrogens (tertiary/aromatic N) is 1. The van der Waals surface area contributed by atoms with Crippen molar-refractivity contribution in [3.63, 3.8) is 0 Å². The van der Waals surface area contributed by atoms with Crippen LogP contribution in [0.4, 0.5) is 0 Å². The third kappa shape index (κ3) is 4.84. The van der Waals surface area contributed by atoms with Crippen molar-refractivity contribution in [2.24, 2.45) is 11.7 Å². The Morgan fingerprint density at radius 3 is 2.95 bits per heavy atom. The van der Waals surface area contributed by atoms with Gasteiger partial charge in [0.05, 0.1) is 6.61 Å². The zero-order valence-electron chi connectivity index (χ0n) is 12.1. The molecule has 1 saturated heterocycles. The van der Waals surface area contributed by atoms with Crippen molar-refractivity contribution < 1.29 is 4.74 Å². The summed E-state index contributed by atoms with van der Waals surface area (Å²) in [5.74, 6) is 1.70. The monoisotopic (exact) mass is 262 g/mol. The van der Waals surface area contributed by atoms with Crippen LogP contribution in [-0.4, -0.2) is 37.2 Å². The maximum Gasteiger partial charge on any atom is 0.119 e. The standard InChI is InChI=1S/C16H26N2O/c1-13-5-3-6-16(10-13)19-8-4-7-18-11-14(2)9-15(17)12-18/h3,5-6,10,14-15H,4,7-9,11-12,17H2,1-2H3. The van der Waals surface area contributed by atoms with Crippen molar-refractivity contribution in [3.05, 3.63) is 29.8 Å². The van der Waals surface area contributed by atoms with Gasteiger partial charge in [-0.3, -0.25) is 0 Å². The van der Waals surface area contributed by atoms with Crippen molar-refractivity contribution in [3.8, 4) is 5.75 Å². The Hall–Kier alpha value is -1.06. The quantitative estimate of drug-likeness (QED) is 0.828. The van der Waals surface area contributed by atoms with Crippen molar-refractivity contribution >= 4 is 0 Å². The second-order valence-electron chi connectivity index (χ2n) is 5.88. The molecule has 0 aliphatic carbocycles. The van der Waals surface area contributed by atoms with E-state index in [1.807, 2.05) is 12.1 Å². The Bertz CT molecular complexity index is 384. The van der Waals surface area contributed by atoms with E-state index in [1.54, 1.807) is 0 Å². The predicted octanol–water partition coefficient (Wildman–Crippen LogP) is 2.43. The molecule has 2 atom stereocenters. The molecule has 2 rings (SSSR count). The molecule has 19 heavy (non-hydrogen) atoms. The Labute approximate surface area is 116 Å². The van der Waals surface area contributed by atoms with Gasteiger partial charge in [0.2, 0.25) is 0 Å². The number of nitrogens with two attached hydrogens (primary N) is 1. The third-order valence-corrected chi connectivity index (χ3v) is 3.64. The van der Waals surface area contributed by atoms with Gasteiger partial charge in [0.15, 0.2) is 0 Å². The van der Waals surface area contributed by atoms with Crippen LogP contribution in [-0.2, 0) is 0 Å². The zero-order chi connectivity index (χ0) is 13.7. The Balaban J connectivity index is 1.66. The molecule has 0 amide bonds. The molecule has 0 saturated carbocycles. The molecule has 2 N–H and O–H groups in total. The summed E-state index contributed by atoms with van der Waals surface area (Å²) >= 11 is 0. The van der Waals surface area contributed by atoms with Gasteiger partial charge in [-0.15, -0.1) is 0 Å². The number of ether oxygens (including phenoxy) is 1. The molecule has 0 bridgehead atoms. The van der Waals surface area contributed by atoms with Crippen molar-refractivity contribution in [2.45, 2.75) is 32.7 Å². The van der Waals surface area contributed by atoms with Gasteiger partial charge in [0.25, 0.3) is 0 Å². The molecule has 1 aliphatic heterocycles. The van der Waals surface area contributed by atoms with Gasteiger partial charge in [-0.25, -0.2) is 0 Å².